The fourth-order valence-corrected chi connectivity index (χ4v) is 1.13. The molecule has 0 amide bonds. The minimum Gasteiger partial charge on any atom is -0.384 e. The summed E-state index contributed by atoms with van der Waals surface area (Å²) < 4.78 is 0. The highest BCUT2D eigenvalue weighted by Gasteiger charge is 2.02. The predicted octanol–water partition coefficient (Wildman–Crippen LogP) is 1.50. The first-order valence-electron chi connectivity index (χ1n) is 3.63. The van der Waals surface area contributed by atoms with Gasteiger partial charge in [0.1, 0.15) is 6.61 Å². The summed E-state index contributed by atoms with van der Waals surface area (Å²) in [6.07, 6.45) is 0.688. The number of aliphatic hydroxyl groups excluding tert-OH is 1. The smallest absolute Gasteiger partial charge is 0.151 e. The van der Waals surface area contributed by atoms with Crippen molar-refractivity contribution in [2.45, 2.75) is 0 Å². The zero-order chi connectivity index (χ0) is 9.68. The first-order chi connectivity index (χ1) is 6.29. The zero-order valence-corrected chi connectivity index (χ0v) is 7.51. The summed E-state index contributed by atoms with van der Waals surface area (Å²) in [5.41, 5.74) is 0.904. The van der Waals surface area contributed by atoms with Crippen LogP contribution >= 0.6 is 11.6 Å². The molecule has 2 nitrogen and oxygen atoms in total. The number of aliphatic hydroxyl groups is 1. The largest absolute Gasteiger partial charge is 0.384 e. The van der Waals surface area contributed by atoms with Gasteiger partial charge in [-0.25, -0.2) is 0 Å². The molecule has 0 aromatic heterocycles. The maximum Gasteiger partial charge on any atom is 0.151 e. The molecule has 1 rings (SSSR count). The van der Waals surface area contributed by atoms with Crippen molar-refractivity contribution in [3.8, 4) is 11.8 Å². The Labute approximate surface area is 81.1 Å². The van der Waals surface area contributed by atoms with Crippen molar-refractivity contribution in [3.05, 3.63) is 34.3 Å². The molecular formula is C10H7ClO2. The monoisotopic (exact) mass is 194 g/mol. The molecule has 0 aliphatic rings. The number of halogens is 1. The molecule has 0 bridgehead atoms. The van der Waals surface area contributed by atoms with Crippen molar-refractivity contribution in [1.29, 1.82) is 0 Å². The van der Waals surface area contributed by atoms with Crippen LogP contribution in [0.25, 0.3) is 0 Å². The van der Waals surface area contributed by atoms with Gasteiger partial charge in [-0.3, -0.25) is 4.79 Å². The standard InChI is InChI=1S/C10H7ClO2/c11-10-5-1-3-8(7-13)9(10)4-2-6-12/h1,3,5,7,12H,6H2. The molecule has 0 atom stereocenters. The Balaban J connectivity index is 3.22. The van der Waals surface area contributed by atoms with E-state index in [1.165, 1.54) is 0 Å². The van der Waals surface area contributed by atoms with Crippen molar-refractivity contribution in [2.24, 2.45) is 0 Å². The number of benzene rings is 1. The highest BCUT2D eigenvalue weighted by atomic mass is 35.5. The van der Waals surface area contributed by atoms with E-state index < -0.39 is 0 Å². The highest BCUT2D eigenvalue weighted by molar-refractivity contribution is 6.32. The predicted molar refractivity (Wildman–Crippen MR) is 50.8 cm³/mol. The Morgan fingerprint density at radius 3 is 2.92 bits per heavy atom. The van der Waals surface area contributed by atoms with Crippen LogP contribution in [0.4, 0.5) is 0 Å². The summed E-state index contributed by atoms with van der Waals surface area (Å²) in [5, 5.41) is 8.90. The fourth-order valence-electron chi connectivity index (χ4n) is 0.899. The quantitative estimate of drug-likeness (QED) is 0.544. The van der Waals surface area contributed by atoms with Gasteiger partial charge in [0.05, 0.1) is 10.6 Å². The Morgan fingerprint density at radius 1 is 1.54 bits per heavy atom. The van der Waals surface area contributed by atoms with Crippen LogP contribution in [0.5, 0.6) is 0 Å². The molecule has 0 aliphatic heterocycles. The number of aldehydes is 1. The van der Waals surface area contributed by atoms with E-state index in [0.29, 0.717) is 22.4 Å². The van der Waals surface area contributed by atoms with E-state index in [-0.39, 0.29) is 6.61 Å². The van der Waals surface area contributed by atoms with Gasteiger partial charge in [0.25, 0.3) is 0 Å². The number of rotatable bonds is 1. The van der Waals surface area contributed by atoms with E-state index in [0.717, 1.165) is 0 Å². The SMILES string of the molecule is O=Cc1cccc(Cl)c1C#CCO. The Bertz CT molecular complexity index is 374. The third-order valence-electron chi connectivity index (χ3n) is 1.47. The molecule has 0 radical (unpaired) electrons. The van der Waals surface area contributed by atoms with Gasteiger partial charge < -0.3 is 5.11 Å². The molecule has 3 heteroatoms. The molecule has 0 fully saturated rings. The summed E-state index contributed by atoms with van der Waals surface area (Å²) in [6, 6.07) is 4.95. The third-order valence-corrected chi connectivity index (χ3v) is 1.78. The molecule has 0 aliphatic carbocycles. The van der Waals surface area contributed by atoms with Gasteiger partial charge in [-0.05, 0) is 6.07 Å². The van der Waals surface area contributed by atoms with E-state index in [4.69, 9.17) is 16.7 Å². The Kier molecular flexibility index (Phi) is 3.51. The van der Waals surface area contributed by atoms with Gasteiger partial charge in [0, 0.05) is 5.56 Å². The lowest BCUT2D eigenvalue weighted by Gasteiger charge is -1.97. The summed E-state index contributed by atoms with van der Waals surface area (Å²) in [7, 11) is 0. The van der Waals surface area contributed by atoms with Crippen LogP contribution in [0.15, 0.2) is 18.2 Å². The maximum atomic E-state index is 10.6. The second-order valence-electron chi connectivity index (χ2n) is 2.28. The van der Waals surface area contributed by atoms with Gasteiger partial charge in [0.15, 0.2) is 6.29 Å². The average Bonchev–Trinajstić information content (AvgIpc) is 2.15. The van der Waals surface area contributed by atoms with E-state index in [1.807, 2.05) is 0 Å². The summed E-state index contributed by atoms with van der Waals surface area (Å²) in [6.45, 7) is -0.247. The maximum absolute atomic E-state index is 10.6. The molecule has 1 N–H and O–H groups in total. The summed E-state index contributed by atoms with van der Waals surface area (Å²) >= 11 is 5.80. The van der Waals surface area contributed by atoms with Crippen LogP contribution in [0.2, 0.25) is 5.02 Å². The normalized spacial score (nSPS) is 8.77. The molecule has 0 saturated heterocycles. The van der Waals surface area contributed by atoms with Crippen LogP contribution in [0.3, 0.4) is 0 Å². The second kappa shape index (κ2) is 4.66. The van der Waals surface area contributed by atoms with Gasteiger partial charge in [0.2, 0.25) is 0 Å². The van der Waals surface area contributed by atoms with Crippen molar-refractivity contribution >= 4 is 17.9 Å². The van der Waals surface area contributed by atoms with Crippen LogP contribution in [-0.4, -0.2) is 18.0 Å². The van der Waals surface area contributed by atoms with Crippen molar-refractivity contribution in [2.75, 3.05) is 6.61 Å². The molecule has 1 aromatic carbocycles. The van der Waals surface area contributed by atoms with Crippen molar-refractivity contribution in [1.82, 2.24) is 0 Å². The number of carbonyl (C=O) groups is 1. The summed E-state index contributed by atoms with van der Waals surface area (Å²) in [5.74, 6) is 5.06. The molecule has 0 unspecified atom stereocenters. The molecule has 0 spiro atoms. The first kappa shape index (κ1) is 9.79. The molecule has 66 valence electrons. The van der Waals surface area contributed by atoms with Gasteiger partial charge in [-0.15, -0.1) is 0 Å². The minimum absolute atomic E-state index is 0.247. The molecular weight excluding hydrogens is 188 g/mol. The Hall–Kier alpha value is -1.30. The van der Waals surface area contributed by atoms with Crippen LogP contribution in [0.1, 0.15) is 15.9 Å². The second-order valence-corrected chi connectivity index (χ2v) is 2.69. The lowest BCUT2D eigenvalue weighted by Crippen LogP contribution is -1.88. The Morgan fingerprint density at radius 2 is 2.31 bits per heavy atom. The van der Waals surface area contributed by atoms with Gasteiger partial charge >= 0.3 is 0 Å². The van der Waals surface area contributed by atoms with Crippen LogP contribution in [0, 0.1) is 11.8 Å². The lowest BCUT2D eigenvalue weighted by atomic mass is 10.1. The molecule has 13 heavy (non-hydrogen) atoms. The van der Waals surface area contributed by atoms with Crippen molar-refractivity contribution < 1.29 is 9.90 Å². The van der Waals surface area contributed by atoms with Crippen LogP contribution in [-0.2, 0) is 0 Å². The van der Waals surface area contributed by atoms with Crippen LogP contribution < -0.4 is 0 Å². The minimum atomic E-state index is -0.247. The highest BCUT2D eigenvalue weighted by Crippen LogP contribution is 2.17. The number of carbonyl (C=O) groups excluding carboxylic acids is 1. The summed E-state index contributed by atoms with van der Waals surface area (Å²) in [4.78, 5) is 10.6. The number of hydrogen-bond acceptors (Lipinski definition) is 2. The molecule has 0 saturated carbocycles. The molecule has 0 heterocycles. The van der Waals surface area contributed by atoms with E-state index in [2.05, 4.69) is 11.8 Å². The molecule has 1 aromatic rings. The van der Waals surface area contributed by atoms with E-state index >= 15 is 0 Å². The lowest BCUT2D eigenvalue weighted by molar-refractivity contribution is 0.112. The fraction of sp³-hybridized carbons (Fsp3) is 0.100. The van der Waals surface area contributed by atoms with Gasteiger partial charge in [-0.2, -0.15) is 0 Å². The van der Waals surface area contributed by atoms with Gasteiger partial charge in [-0.1, -0.05) is 35.6 Å². The van der Waals surface area contributed by atoms with Crippen molar-refractivity contribution in [3.63, 3.8) is 0 Å². The number of hydrogen-bond donors (Lipinski definition) is 1. The third kappa shape index (κ3) is 2.32. The van der Waals surface area contributed by atoms with E-state index in [1.54, 1.807) is 18.2 Å². The average molecular weight is 195 g/mol. The zero-order valence-electron chi connectivity index (χ0n) is 6.75. The first-order valence-corrected chi connectivity index (χ1v) is 4.01. The van der Waals surface area contributed by atoms with E-state index in [9.17, 15) is 4.79 Å². The topological polar surface area (TPSA) is 37.3 Å².